The Kier molecular flexibility index (Phi) is 4.56. The van der Waals surface area contributed by atoms with Gasteiger partial charge in [-0.15, -0.1) is 0 Å². The number of carbonyl (C=O) groups excluding carboxylic acids is 2. The fraction of sp³-hybridized carbons (Fsp3) is 0.176. The van der Waals surface area contributed by atoms with Crippen LogP contribution in [-0.4, -0.2) is 23.6 Å². The summed E-state index contributed by atoms with van der Waals surface area (Å²) in [5.74, 6) is -1.11. The van der Waals surface area contributed by atoms with E-state index in [1.165, 1.54) is 41.9 Å². The highest BCUT2D eigenvalue weighted by molar-refractivity contribution is 6.01. The smallest absolute Gasteiger partial charge is 0.416 e. The topological polar surface area (TPSA) is 78.9 Å². The number of benzene rings is 2. The lowest BCUT2D eigenvalue weighted by Crippen LogP contribution is -2.39. The molecule has 1 heterocycles. The number of fused-ring (bicyclic) bond motifs is 1. The van der Waals surface area contributed by atoms with Crippen LogP contribution < -0.4 is 15.1 Å². The SMILES string of the molecule is O=C(NO)c1ccc2c(c1)N(Cc1ccccc1C(F)(F)F)C(=O)CO2. The summed E-state index contributed by atoms with van der Waals surface area (Å²) >= 11 is 0. The first-order valence-corrected chi connectivity index (χ1v) is 7.48. The molecule has 0 fully saturated rings. The van der Waals surface area contributed by atoms with Gasteiger partial charge in [0.15, 0.2) is 6.61 Å². The molecule has 3 rings (SSSR count). The lowest BCUT2D eigenvalue weighted by molar-refractivity contribution is -0.138. The molecule has 1 aliphatic heterocycles. The number of anilines is 1. The third kappa shape index (κ3) is 3.33. The Labute approximate surface area is 145 Å². The van der Waals surface area contributed by atoms with Crippen molar-refractivity contribution < 1.29 is 32.7 Å². The van der Waals surface area contributed by atoms with Crippen LogP contribution in [-0.2, 0) is 17.5 Å². The van der Waals surface area contributed by atoms with Crippen molar-refractivity contribution in [3.63, 3.8) is 0 Å². The number of amides is 2. The Bertz CT molecular complexity index is 867. The maximum atomic E-state index is 13.2. The van der Waals surface area contributed by atoms with Crippen molar-refractivity contribution in [1.82, 2.24) is 5.48 Å². The summed E-state index contributed by atoms with van der Waals surface area (Å²) in [4.78, 5) is 24.9. The molecule has 0 aliphatic carbocycles. The first-order chi connectivity index (χ1) is 12.3. The molecule has 136 valence electrons. The van der Waals surface area contributed by atoms with E-state index in [-0.39, 0.29) is 35.7 Å². The van der Waals surface area contributed by atoms with Crippen molar-refractivity contribution in [3.05, 3.63) is 59.2 Å². The van der Waals surface area contributed by atoms with Crippen molar-refractivity contribution in [3.8, 4) is 5.75 Å². The van der Waals surface area contributed by atoms with Gasteiger partial charge >= 0.3 is 6.18 Å². The van der Waals surface area contributed by atoms with Gasteiger partial charge in [0.2, 0.25) is 0 Å². The molecule has 0 atom stereocenters. The van der Waals surface area contributed by atoms with Gasteiger partial charge in [-0.05, 0) is 29.8 Å². The van der Waals surface area contributed by atoms with Crippen LogP contribution in [0.4, 0.5) is 18.9 Å². The monoisotopic (exact) mass is 366 g/mol. The number of hydrogen-bond acceptors (Lipinski definition) is 4. The number of rotatable bonds is 3. The molecule has 0 unspecified atom stereocenters. The summed E-state index contributed by atoms with van der Waals surface area (Å²) in [6, 6.07) is 8.99. The summed E-state index contributed by atoms with van der Waals surface area (Å²) in [5, 5.41) is 8.73. The third-order valence-corrected chi connectivity index (χ3v) is 3.92. The number of nitrogens with one attached hydrogen (secondary N) is 1. The highest BCUT2D eigenvalue weighted by Gasteiger charge is 2.35. The van der Waals surface area contributed by atoms with Gasteiger partial charge in [-0.1, -0.05) is 18.2 Å². The van der Waals surface area contributed by atoms with E-state index in [0.717, 1.165) is 11.0 Å². The van der Waals surface area contributed by atoms with Gasteiger partial charge in [0, 0.05) is 5.56 Å². The van der Waals surface area contributed by atoms with Crippen LogP contribution >= 0.6 is 0 Å². The van der Waals surface area contributed by atoms with Gasteiger partial charge in [-0.25, -0.2) is 5.48 Å². The number of alkyl halides is 3. The highest BCUT2D eigenvalue weighted by Crippen LogP contribution is 2.37. The first-order valence-electron chi connectivity index (χ1n) is 7.48. The lowest BCUT2D eigenvalue weighted by atomic mass is 10.0. The zero-order valence-electron chi connectivity index (χ0n) is 13.2. The zero-order valence-corrected chi connectivity index (χ0v) is 13.2. The summed E-state index contributed by atoms with van der Waals surface area (Å²) in [6.45, 7) is -0.665. The van der Waals surface area contributed by atoms with Crippen molar-refractivity contribution in [2.75, 3.05) is 11.5 Å². The van der Waals surface area contributed by atoms with E-state index in [0.29, 0.717) is 0 Å². The summed E-state index contributed by atoms with van der Waals surface area (Å²) in [7, 11) is 0. The van der Waals surface area contributed by atoms with Gasteiger partial charge in [-0.3, -0.25) is 14.8 Å². The first kappa shape index (κ1) is 17.7. The molecule has 1 aliphatic rings. The normalized spacial score (nSPS) is 13.8. The molecule has 0 spiro atoms. The van der Waals surface area contributed by atoms with Crippen molar-refractivity contribution in [1.29, 1.82) is 0 Å². The summed E-state index contributed by atoms with van der Waals surface area (Å²) in [5.41, 5.74) is 0.712. The molecule has 6 nitrogen and oxygen atoms in total. The Morgan fingerprint density at radius 2 is 1.96 bits per heavy atom. The third-order valence-electron chi connectivity index (χ3n) is 3.92. The summed E-state index contributed by atoms with van der Waals surface area (Å²) in [6.07, 6.45) is -4.56. The molecule has 0 aromatic heterocycles. The molecule has 26 heavy (non-hydrogen) atoms. The van der Waals surface area contributed by atoms with Crippen LogP contribution in [0.1, 0.15) is 21.5 Å². The number of ether oxygens (including phenoxy) is 1. The van der Waals surface area contributed by atoms with E-state index in [1.807, 2.05) is 0 Å². The molecule has 0 saturated heterocycles. The fourth-order valence-electron chi connectivity index (χ4n) is 2.69. The minimum Gasteiger partial charge on any atom is -0.482 e. The van der Waals surface area contributed by atoms with Crippen molar-refractivity contribution >= 4 is 17.5 Å². The minimum atomic E-state index is -4.56. The molecule has 0 bridgehead atoms. The largest absolute Gasteiger partial charge is 0.482 e. The maximum Gasteiger partial charge on any atom is 0.416 e. The maximum absolute atomic E-state index is 13.2. The molecule has 0 saturated carbocycles. The van der Waals surface area contributed by atoms with Crippen LogP contribution in [0.2, 0.25) is 0 Å². The van der Waals surface area contributed by atoms with E-state index in [2.05, 4.69) is 0 Å². The van der Waals surface area contributed by atoms with Gasteiger partial charge in [0.05, 0.1) is 17.8 Å². The standard InChI is InChI=1S/C17H13F3N2O4/c18-17(19,20)12-4-2-1-3-11(12)8-22-13-7-10(16(24)21-25)5-6-14(13)26-9-15(22)23/h1-7,25H,8-9H2,(H,21,24). The average molecular weight is 366 g/mol. The van der Waals surface area contributed by atoms with Crippen molar-refractivity contribution in [2.24, 2.45) is 0 Å². The molecular formula is C17H13F3N2O4. The second-order valence-corrected chi connectivity index (χ2v) is 5.55. The van der Waals surface area contributed by atoms with Crippen molar-refractivity contribution in [2.45, 2.75) is 12.7 Å². The number of hydroxylamine groups is 1. The summed E-state index contributed by atoms with van der Waals surface area (Å²) < 4.78 is 44.9. The Morgan fingerprint density at radius 3 is 2.65 bits per heavy atom. The molecule has 2 amide bonds. The van der Waals surface area contributed by atoms with E-state index in [1.54, 1.807) is 0 Å². The molecule has 2 N–H and O–H groups in total. The molecule has 0 radical (unpaired) electrons. The van der Waals surface area contributed by atoms with Gasteiger partial charge in [0.1, 0.15) is 5.75 Å². The fourth-order valence-corrected chi connectivity index (χ4v) is 2.69. The van der Waals surface area contributed by atoms with Gasteiger partial charge in [-0.2, -0.15) is 13.2 Å². The second kappa shape index (κ2) is 6.68. The van der Waals surface area contributed by atoms with E-state index in [4.69, 9.17) is 9.94 Å². The Morgan fingerprint density at radius 1 is 1.23 bits per heavy atom. The number of hydrogen-bond donors (Lipinski definition) is 2. The second-order valence-electron chi connectivity index (χ2n) is 5.55. The highest BCUT2D eigenvalue weighted by atomic mass is 19.4. The van der Waals surface area contributed by atoms with Crippen LogP contribution in [0.25, 0.3) is 0 Å². The van der Waals surface area contributed by atoms with Crippen LogP contribution in [0.15, 0.2) is 42.5 Å². The predicted octanol–water partition coefficient (Wildman–Crippen LogP) is 2.75. The predicted molar refractivity (Wildman–Crippen MR) is 83.8 cm³/mol. The van der Waals surface area contributed by atoms with Gasteiger partial charge in [0.25, 0.3) is 11.8 Å². The Balaban J connectivity index is 2.02. The molecule has 9 heteroatoms. The number of carbonyl (C=O) groups is 2. The Hall–Kier alpha value is -3.07. The van der Waals surface area contributed by atoms with Gasteiger partial charge < -0.3 is 9.64 Å². The van der Waals surface area contributed by atoms with E-state index in [9.17, 15) is 22.8 Å². The minimum absolute atomic E-state index is 0.0265. The number of halogens is 3. The number of nitrogens with zero attached hydrogens (tertiary/aromatic N) is 1. The zero-order chi connectivity index (χ0) is 18.9. The molecular weight excluding hydrogens is 353 g/mol. The quantitative estimate of drug-likeness (QED) is 0.647. The average Bonchev–Trinajstić information content (AvgIpc) is 2.62. The molecule has 2 aromatic carbocycles. The molecule has 2 aromatic rings. The van der Waals surface area contributed by atoms with Crippen LogP contribution in [0.3, 0.4) is 0 Å². The van der Waals surface area contributed by atoms with E-state index < -0.39 is 23.6 Å². The van der Waals surface area contributed by atoms with E-state index >= 15 is 0 Å². The lowest BCUT2D eigenvalue weighted by Gasteiger charge is -2.30. The van der Waals surface area contributed by atoms with Crippen LogP contribution in [0.5, 0.6) is 5.75 Å². The van der Waals surface area contributed by atoms with Crippen LogP contribution in [0, 0.1) is 0 Å².